The van der Waals surface area contributed by atoms with Crippen molar-refractivity contribution in [1.29, 1.82) is 0 Å². The van der Waals surface area contributed by atoms with Crippen molar-refractivity contribution in [3.8, 4) is 0 Å². The summed E-state index contributed by atoms with van der Waals surface area (Å²) in [5.74, 6) is 0.767. The van der Waals surface area contributed by atoms with Crippen molar-refractivity contribution in [2.24, 2.45) is 5.92 Å². The Morgan fingerprint density at radius 3 is 2.95 bits per heavy atom. The second kappa shape index (κ2) is 5.79. The highest BCUT2D eigenvalue weighted by Crippen LogP contribution is 2.27. The van der Waals surface area contributed by atoms with Gasteiger partial charge in [0.15, 0.2) is 0 Å². The largest absolute Gasteiger partial charge is 0.396 e. The molecule has 0 amide bonds. The molecule has 2 heterocycles. The van der Waals surface area contributed by atoms with E-state index in [1.807, 2.05) is 18.2 Å². The molecular weight excluding hydrogens is 288 g/mol. The van der Waals surface area contributed by atoms with Gasteiger partial charge in [0.2, 0.25) is 0 Å². The quantitative estimate of drug-likeness (QED) is 0.894. The van der Waals surface area contributed by atoms with Crippen molar-refractivity contribution < 1.29 is 10.2 Å². The van der Waals surface area contributed by atoms with Gasteiger partial charge in [0.1, 0.15) is 5.82 Å². The fourth-order valence-corrected chi connectivity index (χ4v) is 3.09. The van der Waals surface area contributed by atoms with Gasteiger partial charge in [0, 0.05) is 29.4 Å². The Hall–Kier alpha value is -1.36. The Morgan fingerprint density at radius 2 is 2.19 bits per heavy atom. The number of hydrogen-bond donors (Lipinski definition) is 2. The van der Waals surface area contributed by atoms with Crippen LogP contribution in [0.4, 0.5) is 5.82 Å². The normalized spacial score (nSPS) is 22.8. The highest BCUT2D eigenvalue weighted by Gasteiger charge is 2.28. The number of piperidine rings is 1. The van der Waals surface area contributed by atoms with Gasteiger partial charge in [0.25, 0.3) is 0 Å². The van der Waals surface area contributed by atoms with E-state index < -0.39 is 6.10 Å². The molecule has 1 aliphatic heterocycles. The lowest BCUT2D eigenvalue weighted by atomic mass is 9.95. The third-order valence-corrected chi connectivity index (χ3v) is 4.45. The van der Waals surface area contributed by atoms with E-state index in [0.717, 1.165) is 28.8 Å². The van der Waals surface area contributed by atoms with Crippen molar-refractivity contribution >= 4 is 28.3 Å². The maximum absolute atomic E-state index is 9.87. The minimum Gasteiger partial charge on any atom is -0.396 e. The predicted molar refractivity (Wildman–Crippen MR) is 84.9 cm³/mol. The Morgan fingerprint density at radius 1 is 1.38 bits per heavy atom. The maximum atomic E-state index is 9.87. The second-order valence-electron chi connectivity index (χ2n) is 5.70. The molecule has 0 bridgehead atoms. The molecule has 0 spiro atoms. The van der Waals surface area contributed by atoms with Gasteiger partial charge in [0.05, 0.1) is 18.2 Å². The third kappa shape index (κ3) is 2.84. The Balaban J connectivity index is 1.97. The van der Waals surface area contributed by atoms with Crippen LogP contribution in [-0.2, 0) is 0 Å². The first kappa shape index (κ1) is 14.6. The van der Waals surface area contributed by atoms with E-state index in [9.17, 15) is 10.2 Å². The first-order valence-corrected chi connectivity index (χ1v) is 7.57. The molecule has 3 rings (SSSR count). The van der Waals surface area contributed by atoms with Gasteiger partial charge in [-0.1, -0.05) is 17.7 Å². The number of aromatic nitrogens is 1. The lowest BCUT2D eigenvalue weighted by Gasteiger charge is -2.36. The summed E-state index contributed by atoms with van der Waals surface area (Å²) in [4.78, 5) is 6.82. The van der Waals surface area contributed by atoms with E-state index in [2.05, 4.69) is 17.9 Å². The summed E-state index contributed by atoms with van der Waals surface area (Å²) < 4.78 is 0. The van der Waals surface area contributed by atoms with Crippen molar-refractivity contribution in [2.75, 3.05) is 24.6 Å². The summed E-state index contributed by atoms with van der Waals surface area (Å²) in [6.07, 6.45) is 0.224. The van der Waals surface area contributed by atoms with Gasteiger partial charge in [-0.05, 0) is 37.1 Å². The van der Waals surface area contributed by atoms with Gasteiger partial charge in [-0.2, -0.15) is 0 Å². The van der Waals surface area contributed by atoms with E-state index in [4.69, 9.17) is 16.6 Å². The molecule has 0 radical (unpaired) electrons. The van der Waals surface area contributed by atoms with E-state index in [0.29, 0.717) is 18.0 Å². The summed E-state index contributed by atoms with van der Waals surface area (Å²) in [5, 5.41) is 21.0. The molecule has 1 saturated heterocycles. The van der Waals surface area contributed by atoms with Gasteiger partial charge < -0.3 is 15.1 Å². The van der Waals surface area contributed by atoms with Crippen LogP contribution < -0.4 is 4.90 Å². The zero-order valence-electron chi connectivity index (χ0n) is 12.0. The van der Waals surface area contributed by atoms with Crippen LogP contribution in [0.3, 0.4) is 0 Å². The molecule has 0 saturated carbocycles. The van der Waals surface area contributed by atoms with E-state index >= 15 is 0 Å². The zero-order valence-corrected chi connectivity index (χ0v) is 12.7. The molecule has 1 aliphatic rings. The number of benzene rings is 1. The fourth-order valence-electron chi connectivity index (χ4n) is 2.93. The number of aliphatic hydroxyl groups excluding tert-OH is 2. The fraction of sp³-hybridized carbons (Fsp3) is 0.438. The SMILES string of the molecule is Cc1cc(N2CC[C@@H](O)[C@@H](CO)C2)nc2cc(Cl)ccc12. The van der Waals surface area contributed by atoms with E-state index in [1.165, 1.54) is 0 Å². The number of aryl methyl sites for hydroxylation is 1. The summed E-state index contributed by atoms with van der Waals surface area (Å²) in [5.41, 5.74) is 2.03. The summed E-state index contributed by atoms with van der Waals surface area (Å²) in [7, 11) is 0. The smallest absolute Gasteiger partial charge is 0.129 e. The lowest BCUT2D eigenvalue weighted by molar-refractivity contribution is 0.0524. The molecule has 2 atom stereocenters. The molecule has 2 aromatic rings. The van der Waals surface area contributed by atoms with Crippen molar-refractivity contribution in [1.82, 2.24) is 4.98 Å². The standard InChI is InChI=1S/C16H19ClN2O2/c1-10-6-16(18-14-7-12(17)2-3-13(10)14)19-5-4-15(21)11(8-19)9-20/h2-3,6-7,11,15,20-21H,4-5,8-9H2,1H3/t11-,15-/m1/s1. The topological polar surface area (TPSA) is 56.6 Å². The second-order valence-corrected chi connectivity index (χ2v) is 6.14. The number of anilines is 1. The highest BCUT2D eigenvalue weighted by atomic mass is 35.5. The van der Waals surface area contributed by atoms with Crippen LogP contribution in [0.25, 0.3) is 10.9 Å². The summed E-state index contributed by atoms with van der Waals surface area (Å²) in [6.45, 7) is 3.42. The average molecular weight is 307 g/mol. The molecule has 0 aliphatic carbocycles. The number of fused-ring (bicyclic) bond motifs is 1. The molecule has 112 valence electrons. The number of pyridine rings is 1. The first-order valence-electron chi connectivity index (χ1n) is 7.19. The number of hydrogen-bond acceptors (Lipinski definition) is 4. The van der Waals surface area contributed by atoms with Crippen LogP contribution in [0.5, 0.6) is 0 Å². The van der Waals surface area contributed by atoms with Crippen LogP contribution in [-0.4, -0.2) is 41.0 Å². The molecule has 1 aromatic heterocycles. The van der Waals surface area contributed by atoms with Crippen molar-refractivity contribution in [3.05, 3.63) is 34.9 Å². The van der Waals surface area contributed by atoms with E-state index in [-0.39, 0.29) is 12.5 Å². The van der Waals surface area contributed by atoms with Crippen LogP contribution in [0, 0.1) is 12.8 Å². The Kier molecular flexibility index (Phi) is 4.02. The average Bonchev–Trinajstić information content (AvgIpc) is 2.47. The van der Waals surface area contributed by atoms with E-state index in [1.54, 1.807) is 0 Å². The number of rotatable bonds is 2. The lowest BCUT2D eigenvalue weighted by Crippen LogP contribution is -2.45. The molecule has 4 nitrogen and oxygen atoms in total. The van der Waals surface area contributed by atoms with Gasteiger partial charge in [-0.25, -0.2) is 4.98 Å². The van der Waals surface area contributed by atoms with Gasteiger partial charge in [-0.3, -0.25) is 0 Å². The third-order valence-electron chi connectivity index (χ3n) is 4.22. The molecule has 0 unspecified atom stereocenters. The molecule has 21 heavy (non-hydrogen) atoms. The number of halogens is 1. The van der Waals surface area contributed by atoms with Crippen molar-refractivity contribution in [3.63, 3.8) is 0 Å². The summed E-state index contributed by atoms with van der Waals surface area (Å²) in [6, 6.07) is 7.79. The van der Waals surface area contributed by atoms with Gasteiger partial charge >= 0.3 is 0 Å². The molecule has 5 heteroatoms. The zero-order chi connectivity index (χ0) is 15.0. The first-order chi connectivity index (χ1) is 10.1. The van der Waals surface area contributed by atoms with Crippen LogP contribution in [0.15, 0.2) is 24.3 Å². The van der Waals surface area contributed by atoms with Crippen LogP contribution in [0.2, 0.25) is 5.02 Å². The van der Waals surface area contributed by atoms with Crippen molar-refractivity contribution in [2.45, 2.75) is 19.4 Å². The monoisotopic (exact) mass is 306 g/mol. The molecule has 2 N–H and O–H groups in total. The molecular formula is C16H19ClN2O2. The number of nitrogens with zero attached hydrogens (tertiary/aromatic N) is 2. The molecule has 1 aromatic carbocycles. The predicted octanol–water partition coefficient (Wildman–Crippen LogP) is 2.38. The minimum atomic E-state index is -0.428. The Bertz CT molecular complexity index is 662. The number of aliphatic hydroxyl groups is 2. The van der Waals surface area contributed by atoms with Crippen LogP contribution >= 0.6 is 11.6 Å². The van der Waals surface area contributed by atoms with Gasteiger partial charge in [-0.15, -0.1) is 0 Å². The van der Waals surface area contributed by atoms with Crippen LogP contribution in [0.1, 0.15) is 12.0 Å². The highest BCUT2D eigenvalue weighted by molar-refractivity contribution is 6.31. The Labute approximate surface area is 129 Å². The minimum absolute atomic E-state index is 0.00391. The maximum Gasteiger partial charge on any atom is 0.129 e. The summed E-state index contributed by atoms with van der Waals surface area (Å²) >= 11 is 6.05. The molecule has 1 fully saturated rings.